The Morgan fingerprint density at radius 2 is 1.82 bits per heavy atom. The number of aryl methyl sites for hydroxylation is 1. The first kappa shape index (κ1) is 21.4. The molecule has 1 N–H and O–H groups in total. The average Bonchev–Trinajstić information content (AvgIpc) is 3.23. The maximum Gasteiger partial charge on any atom is 0.433 e. The number of rotatable bonds is 2. The van der Waals surface area contributed by atoms with Crippen molar-refractivity contribution in [2.75, 3.05) is 18.0 Å². The first-order valence-corrected chi connectivity index (χ1v) is 10.6. The summed E-state index contributed by atoms with van der Waals surface area (Å²) in [6, 6.07) is 9.50. The summed E-state index contributed by atoms with van der Waals surface area (Å²) in [4.78, 5) is 18.5. The third kappa shape index (κ3) is 3.74. The highest BCUT2D eigenvalue weighted by Gasteiger charge is 2.33. The van der Waals surface area contributed by atoms with Crippen molar-refractivity contribution in [2.45, 2.75) is 31.5 Å². The highest BCUT2D eigenvalue weighted by molar-refractivity contribution is 5.85. The Balaban J connectivity index is 1.65. The van der Waals surface area contributed by atoms with E-state index in [2.05, 4.69) is 15.0 Å². The number of hydrogen-bond donors (Lipinski definition) is 1. The van der Waals surface area contributed by atoms with Crippen LogP contribution in [0, 0.1) is 0 Å². The number of anilines is 1. The van der Waals surface area contributed by atoms with Crippen molar-refractivity contribution < 1.29 is 18.3 Å². The van der Waals surface area contributed by atoms with E-state index >= 15 is 0 Å². The Morgan fingerprint density at radius 3 is 2.52 bits per heavy atom. The molecule has 0 unspecified atom stereocenters. The lowest BCUT2D eigenvalue weighted by molar-refractivity contribution is -0.141. The van der Waals surface area contributed by atoms with E-state index in [-0.39, 0.29) is 11.1 Å². The molecule has 1 aliphatic heterocycles. The van der Waals surface area contributed by atoms with Crippen molar-refractivity contribution in [2.24, 2.45) is 7.05 Å². The van der Waals surface area contributed by atoms with Crippen LogP contribution in [-0.4, -0.2) is 43.0 Å². The van der Waals surface area contributed by atoms with Gasteiger partial charge in [0.05, 0.1) is 22.2 Å². The lowest BCUT2D eigenvalue weighted by atomic mass is 9.93. The van der Waals surface area contributed by atoms with Gasteiger partial charge in [0.2, 0.25) is 0 Å². The van der Waals surface area contributed by atoms with E-state index < -0.39 is 17.5 Å². The molecule has 172 valence electrons. The fraction of sp³-hybridized carbons (Fsp3) is 0.348. The Kier molecular flexibility index (Phi) is 4.75. The quantitative estimate of drug-likeness (QED) is 0.498. The molecule has 33 heavy (non-hydrogen) atoms. The third-order valence-electron chi connectivity index (χ3n) is 6.33. The molecule has 1 aliphatic rings. The van der Waals surface area contributed by atoms with Crippen LogP contribution in [0.2, 0.25) is 0 Å². The molecule has 7 nitrogen and oxygen atoms in total. The molecule has 0 atom stereocenters. The minimum Gasteiger partial charge on any atom is -0.390 e. The van der Waals surface area contributed by atoms with Gasteiger partial charge in [0.15, 0.2) is 0 Å². The van der Waals surface area contributed by atoms with Crippen molar-refractivity contribution in [1.82, 2.24) is 19.2 Å². The van der Waals surface area contributed by atoms with Crippen LogP contribution in [-0.2, 0) is 13.2 Å². The molecule has 10 heteroatoms. The number of aliphatic hydroxyl groups is 1. The second kappa shape index (κ2) is 7.31. The van der Waals surface area contributed by atoms with Crippen molar-refractivity contribution in [1.29, 1.82) is 0 Å². The predicted octanol–water partition coefficient (Wildman–Crippen LogP) is 3.62. The smallest absolute Gasteiger partial charge is 0.390 e. The normalized spacial score (nSPS) is 16.6. The van der Waals surface area contributed by atoms with Crippen molar-refractivity contribution in [3.8, 4) is 11.3 Å². The highest BCUT2D eigenvalue weighted by atomic mass is 19.4. The van der Waals surface area contributed by atoms with Crippen LogP contribution >= 0.6 is 0 Å². The standard InChI is InChI=1S/C23H22F3N5O2/c1-22(33)6-9-30(10-7-22)15-3-4-16-18(12-15)31-20(29(2)21(16)32)13-17(28-31)14-5-8-27-19(11-14)23(24,25)26/h3-5,8,11-13,33H,6-7,9-10H2,1-2H3. The van der Waals surface area contributed by atoms with Crippen molar-refractivity contribution in [3.63, 3.8) is 0 Å². The van der Waals surface area contributed by atoms with Gasteiger partial charge in [-0.1, -0.05) is 0 Å². The molecule has 1 aromatic carbocycles. The van der Waals surface area contributed by atoms with E-state index in [0.29, 0.717) is 48.2 Å². The van der Waals surface area contributed by atoms with Crippen LogP contribution in [0.15, 0.2) is 47.4 Å². The number of benzene rings is 1. The maximum absolute atomic E-state index is 13.1. The molecule has 0 amide bonds. The molecule has 3 aromatic heterocycles. The maximum atomic E-state index is 13.1. The van der Waals surface area contributed by atoms with Gasteiger partial charge in [0.25, 0.3) is 5.56 Å². The molecule has 0 radical (unpaired) electrons. The molecule has 0 spiro atoms. The first-order valence-electron chi connectivity index (χ1n) is 10.6. The first-order chi connectivity index (χ1) is 15.5. The van der Waals surface area contributed by atoms with Crippen LogP contribution in [0.4, 0.5) is 18.9 Å². The summed E-state index contributed by atoms with van der Waals surface area (Å²) in [5.41, 5.74) is 0.592. The molecule has 4 aromatic rings. The number of aromatic nitrogens is 4. The third-order valence-corrected chi connectivity index (χ3v) is 6.33. The van der Waals surface area contributed by atoms with Crippen molar-refractivity contribution in [3.05, 3.63) is 58.6 Å². The number of fused-ring (bicyclic) bond motifs is 3. The van der Waals surface area contributed by atoms with Gasteiger partial charge in [0.1, 0.15) is 11.3 Å². The Morgan fingerprint density at radius 1 is 1.09 bits per heavy atom. The van der Waals surface area contributed by atoms with E-state index in [1.54, 1.807) is 23.7 Å². The Bertz CT molecular complexity index is 1430. The molecule has 0 saturated carbocycles. The monoisotopic (exact) mass is 457 g/mol. The van der Waals surface area contributed by atoms with E-state index in [4.69, 9.17) is 0 Å². The number of hydrogen-bond acceptors (Lipinski definition) is 5. The van der Waals surface area contributed by atoms with Gasteiger partial charge in [-0.2, -0.15) is 18.3 Å². The lowest BCUT2D eigenvalue weighted by Gasteiger charge is -2.37. The van der Waals surface area contributed by atoms with Crippen LogP contribution in [0.1, 0.15) is 25.5 Å². The van der Waals surface area contributed by atoms with Gasteiger partial charge in [-0.05, 0) is 50.1 Å². The number of halogens is 3. The molecule has 0 aliphatic carbocycles. The summed E-state index contributed by atoms with van der Waals surface area (Å²) < 4.78 is 42.4. The number of alkyl halides is 3. The van der Waals surface area contributed by atoms with Gasteiger partial charge in [-0.3, -0.25) is 14.3 Å². The van der Waals surface area contributed by atoms with Crippen LogP contribution in [0.5, 0.6) is 0 Å². The summed E-state index contributed by atoms with van der Waals surface area (Å²) in [6.07, 6.45) is -2.20. The average molecular weight is 457 g/mol. The number of piperidine rings is 1. The van der Waals surface area contributed by atoms with Gasteiger partial charge >= 0.3 is 6.18 Å². The summed E-state index contributed by atoms with van der Waals surface area (Å²) in [6.45, 7) is 3.18. The summed E-state index contributed by atoms with van der Waals surface area (Å²) in [5.74, 6) is 0. The zero-order chi connectivity index (χ0) is 23.5. The van der Waals surface area contributed by atoms with Crippen LogP contribution < -0.4 is 10.5 Å². The van der Waals surface area contributed by atoms with E-state index in [1.165, 1.54) is 10.6 Å². The summed E-state index contributed by atoms with van der Waals surface area (Å²) >= 11 is 0. The van der Waals surface area contributed by atoms with E-state index in [0.717, 1.165) is 18.0 Å². The fourth-order valence-corrected chi connectivity index (χ4v) is 4.28. The predicted molar refractivity (Wildman–Crippen MR) is 118 cm³/mol. The highest BCUT2D eigenvalue weighted by Crippen LogP contribution is 2.31. The minimum atomic E-state index is -4.57. The largest absolute Gasteiger partial charge is 0.433 e. The van der Waals surface area contributed by atoms with Gasteiger partial charge in [0, 0.05) is 43.7 Å². The number of nitrogens with zero attached hydrogens (tertiary/aromatic N) is 5. The molecular formula is C23H22F3N5O2. The van der Waals surface area contributed by atoms with Crippen LogP contribution in [0.3, 0.4) is 0 Å². The molecule has 0 bridgehead atoms. The van der Waals surface area contributed by atoms with E-state index in [1.807, 2.05) is 19.1 Å². The SMILES string of the molecule is Cn1c(=O)c2ccc(N3CCC(C)(O)CC3)cc2n2nc(-c3ccnc(C(F)(F)F)c3)cc12. The zero-order valence-electron chi connectivity index (χ0n) is 18.1. The lowest BCUT2D eigenvalue weighted by Crippen LogP contribution is -2.42. The molecule has 5 rings (SSSR count). The summed E-state index contributed by atoms with van der Waals surface area (Å²) in [7, 11) is 1.61. The van der Waals surface area contributed by atoms with Gasteiger partial charge in [-0.25, -0.2) is 4.52 Å². The second-order valence-electron chi connectivity index (χ2n) is 8.78. The van der Waals surface area contributed by atoms with Crippen LogP contribution in [0.25, 0.3) is 27.8 Å². The Labute approximate surface area is 186 Å². The zero-order valence-corrected chi connectivity index (χ0v) is 18.1. The summed E-state index contributed by atoms with van der Waals surface area (Å²) in [5, 5.41) is 15.2. The molecule has 4 heterocycles. The van der Waals surface area contributed by atoms with Crippen molar-refractivity contribution >= 4 is 22.2 Å². The number of pyridine rings is 1. The van der Waals surface area contributed by atoms with Gasteiger partial charge < -0.3 is 10.0 Å². The Hall–Kier alpha value is -3.40. The second-order valence-corrected chi connectivity index (χ2v) is 8.78. The fourth-order valence-electron chi connectivity index (χ4n) is 4.28. The molecule has 1 saturated heterocycles. The van der Waals surface area contributed by atoms with Gasteiger partial charge in [-0.15, -0.1) is 0 Å². The topological polar surface area (TPSA) is 75.7 Å². The minimum absolute atomic E-state index is 0.220. The molecular weight excluding hydrogens is 435 g/mol. The van der Waals surface area contributed by atoms with E-state index in [9.17, 15) is 23.1 Å². The molecule has 1 fully saturated rings.